The van der Waals surface area contributed by atoms with E-state index in [-0.39, 0.29) is 0 Å². The Bertz CT molecular complexity index is 307. The Morgan fingerprint density at radius 3 is 2.77 bits per heavy atom. The van der Waals surface area contributed by atoms with Gasteiger partial charge in [-0.2, -0.15) is 0 Å². The van der Waals surface area contributed by atoms with Gasteiger partial charge in [0.1, 0.15) is 0 Å². The molecule has 1 fully saturated rings. The van der Waals surface area contributed by atoms with E-state index in [1.807, 2.05) is 0 Å². The number of rotatable bonds is 10. The van der Waals surface area contributed by atoms with Gasteiger partial charge in [0.15, 0.2) is 5.96 Å². The number of hydrogen-bond donors (Lipinski definition) is 2. The summed E-state index contributed by atoms with van der Waals surface area (Å²) in [7, 11) is 0. The molecule has 0 aromatic rings. The van der Waals surface area contributed by atoms with Gasteiger partial charge in [-0.05, 0) is 45.2 Å². The van der Waals surface area contributed by atoms with Crippen LogP contribution in [0.3, 0.4) is 0 Å². The lowest BCUT2D eigenvalue weighted by atomic mass is 10.1. The number of aliphatic imine (C=N–C) groups is 1. The first-order valence-corrected chi connectivity index (χ1v) is 9.01. The molecular weight excluding hydrogens is 276 g/mol. The minimum absolute atomic E-state index is 0.614. The van der Waals surface area contributed by atoms with Crippen LogP contribution in [-0.4, -0.2) is 62.8 Å². The number of nitrogens with zero attached hydrogens (tertiary/aromatic N) is 2. The Morgan fingerprint density at radius 2 is 2.09 bits per heavy atom. The van der Waals surface area contributed by atoms with E-state index in [1.54, 1.807) is 0 Å². The van der Waals surface area contributed by atoms with Crippen molar-refractivity contribution in [2.75, 3.05) is 45.9 Å². The van der Waals surface area contributed by atoms with E-state index in [1.165, 1.54) is 19.4 Å². The number of guanidine groups is 1. The van der Waals surface area contributed by atoms with E-state index < -0.39 is 0 Å². The fraction of sp³-hybridized carbons (Fsp3) is 0.941. The Hall–Kier alpha value is -0.810. The number of nitrogens with one attached hydrogen (secondary N) is 2. The molecule has 22 heavy (non-hydrogen) atoms. The highest BCUT2D eigenvalue weighted by atomic mass is 16.5. The summed E-state index contributed by atoms with van der Waals surface area (Å²) in [6.45, 7) is 15.3. The summed E-state index contributed by atoms with van der Waals surface area (Å²) in [6, 6.07) is 0.614. The van der Waals surface area contributed by atoms with E-state index in [0.717, 1.165) is 51.8 Å². The van der Waals surface area contributed by atoms with E-state index in [0.29, 0.717) is 12.0 Å². The molecule has 1 aliphatic rings. The third-order valence-electron chi connectivity index (χ3n) is 4.09. The van der Waals surface area contributed by atoms with Crippen molar-refractivity contribution in [3.63, 3.8) is 0 Å². The predicted octanol–water partition coefficient (Wildman–Crippen LogP) is 2.09. The molecule has 1 heterocycles. The SMILES string of the molecule is CCNC(=NCC1CCCN1CC)NCCOCCC(C)C. The van der Waals surface area contributed by atoms with Gasteiger partial charge in [-0.15, -0.1) is 0 Å². The number of likely N-dealkylation sites (tertiary alicyclic amines) is 1. The summed E-state index contributed by atoms with van der Waals surface area (Å²) in [5, 5.41) is 6.67. The van der Waals surface area contributed by atoms with Crippen LogP contribution in [0, 0.1) is 5.92 Å². The summed E-state index contributed by atoms with van der Waals surface area (Å²) in [4.78, 5) is 7.27. The molecule has 1 saturated heterocycles. The highest BCUT2D eigenvalue weighted by Gasteiger charge is 2.22. The first-order valence-electron chi connectivity index (χ1n) is 9.01. The van der Waals surface area contributed by atoms with Crippen molar-refractivity contribution < 1.29 is 4.74 Å². The van der Waals surface area contributed by atoms with Gasteiger partial charge < -0.3 is 15.4 Å². The second-order valence-corrected chi connectivity index (χ2v) is 6.37. The van der Waals surface area contributed by atoms with Gasteiger partial charge in [0.25, 0.3) is 0 Å². The maximum atomic E-state index is 5.63. The number of ether oxygens (including phenoxy) is 1. The molecule has 1 atom stereocenters. The molecule has 2 N–H and O–H groups in total. The van der Waals surface area contributed by atoms with Crippen molar-refractivity contribution >= 4 is 5.96 Å². The van der Waals surface area contributed by atoms with Crippen LogP contribution in [0.1, 0.15) is 47.0 Å². The molecular formula is C17H36N4O. The van der Waals surface area contributed by atoms with Crippen LogP contribution in [0.25, 0.3) is 0 Å². The number of likely N-dealkylation sites (N-methyl/N-ethyl adjacent to an activating group) is 1. The Balaban J connectivity index is 2.24. The summed E-state index contributed by atoms with van der Waals surface area (Å²) in [5.74, 6) is 1.62. The summed E-state index contributed by atoms with van der Waals surface area (Å²) in [5.41, 5.74) is 0. The zero-order chi connectivity index (χ0) is 16.2. The molecule has 0 aliphatic carbocycles. The van der Waals surface area contributed by atoms with Crippen LogP contribution in [0.4, 0.5) is 0 Å². The monoisotopic (exact) mass is 312 g/mol. The largest absolute Gasteiger partial charge is 0.380 e. The van der Waals surface area contributed by atoms with E-state index in [2.05, 4.69) is 43.2 Å². The molecule has 5 nitrogen and oxygen atoms in total. The maximum absolute atomic E-state index is 5.63. The third kappa shape index (κ3) is 7.99. The molecule has 1 aliphatic heterocycles. The van der Waals surface area contributed by atoms with E-state index in [9.17, 15) is 0 Å². The fourth-order valence-electron chi connectivity index (χ4n) is 2.72. The van der Waals surface area contributed by atoms with Gasteiger partial charge in [-0.25, -0.2) is 0 Å². The third-order valence-corrected chi connectivity index (χ3v) is 4.09. The molecule has 0 radical (unpaired) electrons. The Kier molecular flexibility index (Phi) is 10.2. The zero-order valence-corrected chi connectivity index (χ0v) is 15.0. The van der Waals surface area contributed by atoms with Crippen molar-refractivity contribution in [3.8, 4) is 0 Å². The summed E-state index contributed by atoms with van der Waals surface area (Å²) in [6.07, 6.45) is 3.71. The topological polar surface area (TPSA) is 48.9 Å². The maximum Gasteiger partial charge on any atom is 0.191 e. The molecule has 0 spiro atoms. The highest BCUT2D eigenvalue weighted by molar-refractivity contribution is 5.79. The quantitative estimate of drug-likeness (QED) is 0.368. The van der Waals surface area contributed by atoms with Crippen molar-refractivity contribution in [2.45, 2.75) is 53.0 Å². The van der Waals surface area contributed by atoms with Crippen molar-refractivity contribution in [1.29, 1.82) is 0 Å². The lowest BCUT2D eigenvalue weighted by Gasteiger charge is -2.21. The van der Waals surface area contributed by atoms with Crippen molar-refractivity contribution in [2.24, 2.45) is 10.9 Å². The second-order valence-electron chi connectivity index (χ2n) is 6.37. The van der Waals surface area contributed by atoms with Gasteiger partial charge >= 0.3 is 0 Å². The van der Waals surface area contributed by atoms with Gasteiger partial charge in [0.05, 0.1) is 13.2 Å². The Labute approximate surface area is 136 Å². The van der Waals surface area contributed by atoms with Crippen LogP contribution < -0.4 is 10.6 Å². The average molecular weight is 313 g/mol. The lowest BCUT2D eigenvalue weighted by molar-refractivity contribution is 0.128. The molecule has 0 aromatic carbocycles. The Morgan fingerprint density at radius 1 is 1.27 bits per heavy atom. The fourth-order valence-corrected chi connectivity index (χ4v) is 2.72. The number of hydrogen-bond acceptors (Lipinski definition) is 3. The predicted molar refractivity (Wildman–Crippen MR) is 94.5 cm³/mol. The van der Waals surface area contributed by atoms with Crippen LogP contribution in [0.2, 0.25) is 0 Å². The molecule has 0 aromatic heterocycles. The molecule has 0 bridgehead atoms. The minimum Gasteiger partial charge on any atom is -0.380 e. The standard InChI is InChI=1S/C17H36N4O/c1-5-18-17(19-10-13-22-12-9-15(3)4)20-14-16-8-7-11-21(16)6-2/h15-16H,5-14H2,1-4H3,(H2,18,19,20). The van der Waals surface area contributed by atoms with E-state index in [4.69, 9.17) is 9.73 Å². The molecule has 0 amide bonds. The first kappa shape index (κ1) is 19.2. The highest BCUT2D eigenvalue weighted by Crippen LogP contribution is 2.16. The molecule has 1 unspecified atom stereocenters. The van der Waals surface area contributed by atoms with Gasteiger partial charge in [0.2, 0.25) is 0 Å². The average Bonchev–Trinajstić information content (AvgIpc) is 2.95. The van der Waals surface area contributed by atoms with E-state index >= 15 is 0 Å². The summed E-state index contributed by atoms with van der Waals surface area (Å²) < 4.78 is 5.63. The molecule has 0 saturated carbocycles. The molecule has 5 heteroatoms. The van der Waals surface area contributed by atoms with Crippen molar-refractivity contribution in [3.05, 3.63) is 0 Å². The molecule has 130 valence electrons. The van der Waals surface area contributed by atoms with Crippen LogP contribution >= 0.6 is 0 Å². The van der Waals surface area contributed by atoms with Gasteiger partial charge in [0, 0.05) is 25.7 Å². The minimum atomic E-state index is 0.614. The molecule has 1 rings (SSSR count). The van der Waals surface area contributed by atoms with Crippen LogP contribution in [-0.2, 0) is 4.74 Å². The van der Waals surface area contributed by atoms with Crippen LogP contribution in [0.5, 0.6) is 0 Å². The normalized spacial score (nSPS) is 19.9. The zero-order valence-electron chi connectivity index (χ0n) is 15.0. The smallest absolute Gasteiger partial charge is 0.191 e. The first-order chi connectivity index (χ1) is 10.7. The summed E-state index contributed by atoms with van der Waals surface area (Å²) >= 11 is 0. The van der Waals surface area contributed by atoms with Gasteiger partial charge in [-0.3, -0.25) is 9.89 Å². The van der Waals surface area contributed by atoms with Crippen LogP contribution in [0.15, 0.2) is 4.99 Å². The lowest BCUT2D eigenvalue weighted by Crippen LogP contribution is -2.40. The van der Waals surface area contributed by atoms with Crippen molar-refractivity contribution in [1.82, 2.24) is 15.5 Å². The van der Waals surface area contributed by atoms with Gasteiger partial charge in [-0.1, -0.05) is 20.8 Å². The second kappa shape index (κ2) is 11.7.